The van der Waals surface area contributed by atoms with Gasteiger partial charge in [-0.05, 0) is 33.8 Å². The minimum atomic E-state index is -1.93. The van der Waals surface area contributed by atoms with E-state index in [0.717, 1.165) is 4.90 Å². The summed E-state index contributed by atoms with van der Waals surface area (Å²) in [5.74, 6) is 0. The van der Waals surface area contributed by atoms with Crippen molar-refractivity contribution >= 4 is 87.9 Å². The van der Waals surface area contributed by atoms with Crippen LogP contribution in [0.4, 0.5) is 14.4 Å². The van der Waals surface area contributed by atoms with Gasteiger partial charge in [0.2, 0.25) is 7.59 Å². The van der Waals surface area contributed by atoms with Gasteiger partial charge < -0.3 is 14.2 Å². The number of halogens is 6. The van der Waals surface area contributed by atoms with Gasteiger partial charge in [0.05, 0.1) is 0 Å². The smallest absolute Gasteiger partial charge is 0.431 e. The zero-order chi connectivity index (χ0) is 24.6. The predicted molar refractivity (Wildman–Crippen MR) is 121 cm³/mol. The standard InChI is InChI=1S/C16H23Cl6N3O6/c1-6-10(24(7-2)12(27)31-14(3,4)5)25(13(28)30-9-16(20,21)22)23-11(26)29-8-15(17,18)19/h6,10H,1,7-9H2,2-5H3,(H,23,26). The number of carbonyl (C=O) groups is 3. The summed E-state index contributed by atoms with van der Waals surface area (Å²) < 4.78 is 11.1. The lowest BCUT2D eigenvalue weighted by atomic mass is 10.2. The molecule has 180 valence electrons. The van der Waals surface area contributed by atoms with Gasteiger partial charge in [-0.25, -0.2) is 19.8 Å². The van der Waals surface area contributed by atoms with Crippen molar-refractivity contribution < 1.29 is 28.6 Å². The normalized spacial score (nSPS) is 13.0. The Balaban J connectivity index is 5.76. The van der Waals surface area contributed by atoms with Crippen molar-refractivity contribution in [2.75, 3.05) is 19.8 Å². The van der Waals surface area contributed by atoms with Gasteiger partial charge in [-0.15, -0.1) is 0 Å². The summed E-state index contributed by atoms with van der Waals surface area (Å²) in [5.41, 5.74) is 1.24. The van der Waals surface area contributed by atoms with Crippen molar-refractivity contribution in [1.29, 1.82) is 0 Å². The molecule has 1 unspecified atom stereocenters. The van der Waals surface area contributed by atoms with Crippen LogP contribution in [0.25, 0.3) is 0 Å². The van der Waals surface area contributed by atoms with Gasteiger partial charge in [0, 0.05) is 6.54 Å². The first-order valence-corrected chi connectivity index (χ1v) is 10.8. The predicted octanol–water partition coefficient (Wildman–Crippen LogP) is 5.58. The van der Waals surface area contributed by atoms with Gasteiger partial charge in [0.15, 0.2) is 6.17 Å². The van der Waals surface area contributed by atoms with Gasteiger partial charge in [-0.1, -0.05) is 76.2 Å². The maximum absolute atomic E-state index is 12.6. The Kier molecular flexibility index (Phi) is 12.2. The van der Waals surface area contributed by atoms with Crippen molar-refractivity contribution in [2.24, 2.45) is 0 Å². The molecule has 0 saturated carbocycles. The molecule has 0 aliphatic heterocycles. The molecule has 0 aromatic rings. The summed E-state index contributed by atoms with van der Waals surface area (Å²) in [7, 11) is 0. The number of likely N-dealkylation sites (N-methyl/N-ethyl adjacent to an activating group) is 1. The highest BCUT2D eigenvalue weighted by Crippen LogP contribution is 2.27. The zero-order valence-electron chi connectivity index (χ0n) is 17.1. The van der Waals surface area contributed by atoms with Gasteiger partial charge in [0.25, 0.3) is 0 Å². The molecule has 0 bridgehead atoms. The molecule has 0 spiro atoms. The molecule has 0 heterocycles. The van der Waals surface area contributed by atoms with Crippen LogP contribution in [0.15, 0.2) is 12.7 Å². The van der Waals surface area contributed by atoms with Crippen molar-refractivity contribution in [1.82, 2.24) is 15.3 Å². The average Bonchev–Trinajstić information content (AvgIpc) is 2.57. The Morgan fingerprint density at radius 3 is 1.84 bits per heavy atom. The molecule has 0 radical (unpaired) electrons. The molecular weight excluding hydrogens is 543 g/mol. The van der Waals surface area contributed by atoms with E-state index in [4.69, 9.17) is 83.8 Å². The molecule has 0 aromatic heterocycles. The second-order valence-electron chi connectivity index (χ2n) is 6.76. The molecule has 1 atom stereocenters. The van der Waals surface area contributed by atoms with E-state index in [9.17, 15) is 14.4 Å². The van der Waals surface area contributed by atoms with Crippen LogP contribution in [0.1, 0.15) is 27.7 Å². The quantitative estimate of drug-likeness (QED) is 0.148. The van der Waals surface area contributed by atoms with E-state index < -0.39 is 50.8 Å². The molecule has 1 N–H and O–H groups in total. The first-order valence-electron chi connectivity index (χ1n) is 8.55. The maximum atomic E-state index is 12.6. The van der Waals surface area contributed by atoms with Crippen molar-refractivity contribution in [2.45, 2.75) is 47.0 Å². The number of amides is 3. The first-order chi connectivity index (χ1) is 13.9. The number of hydrogen-bond acceptors (Lipinski definition) is 6. The monoisotopic (exact) mass is 563 g/mol. The van der Waals surface area contributed by atoms with Crippen LogP contribution < -0.4 is 5.43 Å². The molecule has 0 saturated heterocycles. The molecule has 9 nitrogen and oxygen atoms in total. The summed E-state index contributed by atoms with van der Waals surface area (Å²) in [6.07, 6.45) is -3.34. The third-order valence-electron chi connectivity index (χ3n) is 2.90. The van der Waals surface area contributed by atoms with Crippen LogP contribution in [-0.2, 0) is 14.2 Å². The van der Waals surface area contributed by atoms with Crippen molar-refractivity contribution in [3.05, 3.63) is 12.7 Å². The Hall–Kier alpha value is -0.710. The summed E-state index contributed by atoms with van der Waals surface area (Å²) >= 11 is 33.4. The number of nitrogens with one attached hydrogen (secondary N) is 1. The second-order valence-corrected chi connectivity index (χ2v) is 11.8. The van der Waals surface area contributed by atoms with E-state index in [2.05, 4.69) is 12.0 Å². The lowest BCUT2D eigenvalue weighted by Gasteiger charge is -2.37. The third-order valence-corrected chi connectivity index (χ3v) is 3.55. The van der Waals surface area contributed by atoms with Crippen LogP contribution in [0, 0.1) is 0 Å². The maximum Gasteiger partial charge on any atom is 0.431 e. The molecule has 0 aliphatic carbocycles. The number of carbonyl (C=O) groups excluding carboxylic acids is 3. The van der Waals surface area contributed by atoms with E-state index in [-0.39, 0.29) is 6.54 Å². The van der Waals surface area contributed by atoms with Crippen LogP contribution in [0.5, 0.6) is 0 Å². The highest BCUT2D eigenvalue weighted by Gasteiger charge is 2.36. The van der Waals surface area contributed by atoms with Crippen LogP contribution >= 0.6 is 69.6 Å². The number of rotatable bonds is 6. The van der Waals surface area contributed by atoms with Crippen molar-refractivity contribution in [3.8, 4) is 0 Å². The third kappa shape index (κ3) is 13.4. The number of hydrogen-bond donors (Lipinski definition) is 1. The molecule has 31 heavy (non-hydrogen) atoms. The van der Waals surface area contributed by atoms with Gasteiger partial charge in [0.1, 0.15) is 18.8 Å². The Labute approximate surface area is 210 Å². The Morgan fingerprint density at radius 2 is 1.45 bits per heavy atom. The lowest BCUT2D eigenvalue weighted by Crippen LogP contribution is -2.59. The minimum Gasteiger partial charge on any atom is -0.444 e. The highest BCUT2D eigenvalue weighted by atomic mass is 35.6. The molecule has 15 heteroatoms. The van der Waals surface area contributed by atoms with Gasteiger partial charge >= 0.3 is 18.3 Å². The molecule has 0 fully saturated rings. The van der Waals surface area contributed by atoms with Crippen LogP contribution in [-0.4, -0.2) is 67.3 Å². The number of nitrogens with zero attached hydrogens (tertiary/aromatic N) is 2. The fourth-order valence-corrected chi connectivity index (χ4v) is 2.15. The number of hydrazine groups is 1. The largest absolute Gasteiger partial charge is 0.444 e. The van der Waals surface area contributed by atoms with Gasteiger partial charge in [-0.2, -0.15) is 5.01 Å². The van der Waals surface area contributed by atoms with E-state index in [1.54, 1.807) is 27.7 Å². The number of alkyl halides is 6. The van der Waals surface area contributed by atoms with Crippen LogP contribution in [0.2, 0.25) is 0 Å². The fourth-order valence-electron chi connectivity index (χ4n) is 1.83. The molecule has 0 rings (SSSR count). The molecule has 0 aliphatic rings. The van der Waals surface area contributed by atoms with Gasteiger partial charge in [-0.3, -0.25) is 4.90 Å². The first kappa shape index (κ1) is 30.3. The summed E-state index contributed by atoms with van der Waals surface area (Å²) in [6, 6.07) is 0. The van der Waals surface area contributed by atoms with E-state index >= 15 is 0 Å². The Morgan fingerprint density at radius 1 is 0.968 bits per heavy atom. The average molecular weight is 566 g/mol. The highest BCUT2D eigenvalue weighted by molar-refractivity contribution is 6.68. The zero-order valence-corrected chi connectivity index (χ0v) is 21.6. The molecular formula is C16H23Cl6N3O6. The molecule has 0 aromatic carbocycles. The number of ether oxygens (including phenoxy) is 3. The fraction of sp³-hybridized carbons (Fsp3) is 0.688. The summed E-state index contributed by atoms with van der Waals surface area (Å²) in [4.78, 5) is 38.4. The topological polar surface area (TPSA) is 97.4 Å². The summed E-state index contributed by atoms with van der Waals surface area (Å²) in [6.45, 7) is 8.89. The van der Waals surface area contributed by atoms with E-state index in [0.29, 0.717) is 5.01 Å². The minimum absolute atomic E-state index is 0.0463. The van der Waals surface area contributed by atoms with E-state index in [1.807, 2.05) is 0 Å². The SMILES string of the molecule is C=CC(N(CC)C(=O)OC(C)(C)C)N(NC(=O)OCC(Cl)(Cl)Cl)C(=O)OCC(Cl)(Cl)Cl. The van der Waals surface area contributed by atoms with E-state index in [1.165, 1.54) is 6.08 Å². The van der Waals surface area contributed by atoms with Crippen molar-refractivity contribution in [3.63, 3.8) is 0 Å². The lowest BCUT2D eigenvalue weighted by molar-refractivity contribution is -0.0114. The molecule has 3 amide bonds. The second kappa shape index (κ2) is 12.5. The van der Waals surface area contributed by atoms with Crippen LogP contribution in [0.3, 0.4) is 0 Å². The Bertz CT molecular complexity index is 647. The summed E-state index contributed by atoms with van der Waals surface area (Å²) in [5, 5.41) is 0.581.